The van der Waals surface area contributed by atoms with Crippen molar-refractivity contribution in [2.24, 2.45) is 0 Å². The second-order valence-corrected chi connectivity index (χ2v) is 16.8. The summed E-state index contributed by atoms with van der Waals surface area (Å²) >= 11 is 1.52. The topological polar surface area (TPSA) is 163 Å². The van der Waals surface area contributed by atoms with Crippen molar-refractivity contribution in [2.75, 3.05) is 53.5 Å². The Morgan fingerprint density at radius 3 is 2.53 bits per heavy atom. The summed E-state index contributed by atoms with van der Waals surface area (Å²) in [5.74, 6) is 1.13. The number of rotatable bonds is 4. The molecule has 4 bridgehead atoms. The van der Waals surface area contributed by atoms with E-state index >= 15 is 4.79 Å². The number of phenols is 2. The van der Waals surface area contributed by atoms with Crippen LogP contribution < -0.4 is 23.7 Å². The molecule has 3 aromatic carbocycles. The SMILES string of the molecule is CCN1CCc2cc(O)c(OC)cc2[C@@]12CS[C@@H]1c3c(OC(C)=O)c(C)c4c(c3[C@@H](COC2=O)N2C1[C@H]1c3c(cc(C)c(OC)c3O)C[C@@H]([C@@H]2C#N)N1C)OCO4. The van der Waals surface area contributed by atoms with E-state index < -0.39 is 46.9 Å². The molecule has 2 fully saturated rings. The molecule has 3 aromatic rings. The smallest absolute Gasteiger partial charge is 0.332 e. The Hall–Kier alpha value is -4.88. The minimum Gasteiger partial charge on any atom is -0.504 e. The molecule has 2 saturated heterocycles. The fourth-order valence-electron chi connectivity index (χ4n) is 10.8. The number of carbonyl (C=O) groups is 2. The Morgan fingerprint density at radius 1 is 1.05 bits per heavy atom. The molecular formula is C42H46N4O10S. The zero-order chi connectivity index (χ0) is 40.2. The van der Waals surface area contributed by atoms with Gasteiger partial charge in [-0.15, -0.1) is 11.8 Å². The van der Waals surface area contributed by atoms with E-state index in [4.69, 9.17) is 28.4 Å². The molecule has 300 valence electrons. The van der Waals surface area contributed by atoms with Crippen molar-refractivity contribution in [1.82, 2.24) is 14.7 Å². The Morgan fingerprint density at radius 2 is 1.82 bits per heavy atom. The summed E-state index contributed by atoms with van der Waals surface area (Å²) in [5, 5.41) is 33.6. The van der Waals surface area contributed by atoms with Gasteiger partial charge in [0, 0.05) is 53.6 Å². The van der Waals surface area contributed by atoms with Crippen molar-refractivity contribution in [3.8, 4) is 46.3 Å². The summed E-state index contributed by atoms with van der Waals surface area (Å²) in [6, 6.07) is 5.39. The first-order valence-corrected chi connectivity index (χ1v) is 20.3. The predicted octanol–water partition coefficient (Wildman–Crippen LogP) is 4.72. The molecule has 0 aromatic heterocycles. The largest absolute Gasteiger partial charge is 0.504 e. The number of piperazine rings is 1. The van der Waals surface area contributed by atoms with Gasteiger partial charge in [-0.2, -0.15) is 5.26 Å². The maximum atomic E-state index is 15.1. The molecule has 1 unspecified atom stereocenters. The summed E-state index contributed by atoms with van der Waals surface area (Å²) < 4.78 is 36.5. The lowest BCUT2D eigenvalue weighted by Gasteiger charge is -2.62. The van der Waals surface area contributed by atoms with Crippen LogP contribution in [0.15, 0.2) is 18.2 Å². The van der Waals surface area contributed by atoms with Crippen LogP contribution in [0.5, 0.6) is 40.2 Å². The number of phenolic OH excluding ortho intramolecular Hbond substituents is 2. The molecule has 57 heavy (non-hydrogen) atoms. The van der Waals surface area contributed by atoms with Crippen LogP contribution in [0.1, 0.15) is 75.7 Å². The maximum absolute atomic E-state index is 15.1. The molecular weight excluding hydrogens is 753 g/mol. The van der Waals surface area contributed by atoms with Gasteiger partial charge in [0.05, 0.1) is 37.6 Å². The van der Waals surface area contributed by atoms with E-state index in [1.165, 1.54) is 25.8 Å². The number of fused-ring (bicyclic) bond motifs is 9. The van der Waals surface area contributed by atoms with Gasteiger partial charge < -0.3 is 38.6 Å². The number of thioether (sulfide) groups is 1. The van der Waals surface area contributed by atoms with E-state index in [9.17, 15) is 20.3 Å². The molecule has 7 aliphatic heterocycles. The van der Waals surface area contributed by atoms with Gasteiger partial charge in [0.1, 0.15) is 18.4 Å². The second-order valence-electron chi connectivity index (χ2n) is 15.7. The van der Waals surface area contributed by atoms with Crippen molar-refractivity contribution >= 4 is 23.7 Å². The van der Waals surface area contributed by atoms with Crippen molar-refractivity contribution in [3.63, 3.8) is 0 Å². The molecule has 0 amide bonds. The van der Waals surface area contributed by atoms with Crippen LogP contribution in [-0.2, 0) is 32.7 Å². The highest BCUT2D eigenvalue weighted by atomic mass is 32.2. The highest BCUT2D eigenvalue weighted by molar-refractivity contribution is 7.99. The fourth-order valence-corrected chi connectivity index (χ4v) is 12.6. The average Bonchev–Trinajstić information content (AvgIpc) is 3.68. The first-order chi connectivity index (χ1) is 27.4. The average molecular weight is 799 g/mol. The molecule has 7 heterocycles. The van der Waals surface area contributed by atoms with Crippen LogP contribution in [0.3, 0.4) is 0 Å². The van der Waals surface area contributed by atoms with Crippen LogP contribution >= 0.6 is 11.8 Å². The van der Waals surface area contributed by atoms with Crippen LogP contribution in [0.4, 0.5) is 0 Å². The number of carbonyl (C=O) groups excluding carboxylic acids is 2. The number of hydrogen-bond acceptors (Lipinski definition) is 15. The van der Waals surface area contributed by atoms with Gasteiger partial charge >= 0.3 is 11.9 Å². The molecule has 0 saturated carbocycles. The first-order valence-electron chi connectivity index (χ1n) is 19.3. The summed E-state index contributed by atoms with van der Waals surface area (Å²) in [4.78, 5) is 34.7. The van der Waals surface area contributed by atoms with Crippen LogP contribution in [0, 0.1) is 25.2 Å². The standard InChI is InChI=1S/C42H46N4O10S/c1-8-45-10-9-22-13-28(48)29(51-6)14-24(22)42(45)17-57-40-32-31(39-38(54-18-55-39)20(3)37(32)56-21(4)47)27(16-53-41(42)50)46-26(15-43)25-12-23-11-19(2)36(52-7)35(49)30(23)33(34(40)46)44(25)5/h11,13-14,25-27,33-34,40,48-49H,8-10,12,16-18H2,1-7H3/t25-,26-,27+,33+,34?,40+,42+/m0/s1. The van der Waals surface area contributed by atoms with Crippen molar-refractivity contribution in [3.05, 3.63) is 62.7 Å². The monoisotopic (exact) mass is 798 g/mol. The van der Waals surface area contributed by atoms with Crippen LogP contribution in [0.25, 0.3) is 0 Å². The van der Waals surface area contributed by atoms with Gasteiger partial charge in [-0.1, -0.05) is 13.0 Å². The zero-order valence-electron chi connectivity index (χ0n) is 33.0. The molecule has 2 N–H and O–H groups in total. The Bertz CT molecular complexity index is 2280. The number of likely N-dealkylation sites (N-methyl/N-ethyl adjacent to an activating group) is 2. The molecule has 7 atom stereocenters. The number of aromatic hydroxyl groups is 2. The summed E-state index contributed by atoms with van der Waals surface area (Å²) in [6.07, 6.45) is 1.09. The number of ether oxygens (including phenoxy) is 6. The molecule has 0 radical (unpaired) electrons. The number of methoxy groups -OCH3 is 2. The number of nitriles is 1. The lowest BCUT2D eigenvalue weighted by Crippen LogP contribution is -2.69. The second kappa shape index (κ2) is 13.6. The van der Waals surface area contributed by atoms with E-state index in [2.05, 4.69) is 26.8 Å². The Labute approximate surface area is 335 Å². The van der Waals surface area contributed by atoms with Gasteiger partial charge in [0.15, 0.2) is 40.0 Å². The first kappa shape index (κ1) is 37.7. The van der Waals surface area contributed by atoms with Gasteiger partial charge in [0.2, 0.25) is 6.79 Å². The third-order valence-corrected chi connectivity index (χ3v) is 14.6. The minimum atomic E-state index is -1.31. The van der Waals surface area contributed by atoms with Gasteiger partial charge in [-0.25, -0.2) is 4.79 Å². The number of nitrogens with zero attached hydrogens (tertiary/aromatic N) is 4. The minimum absolute atomic E-state index is 0.0118. The fraction of sp³-hybridized carbons (Fsp3) is 0.500. The third-order valence-electron chi connectivity index (χ3n) is 13.2. The van der Waals surface area contributed by atoms with Gasteiger partial charge in [-0.05, 0) is 74.7 Å². The van der Waals surface area contributed by atoms with Gasteiger partial charge in [0.25, 0.3) is 0 Å². The van der Waals surface area contributed by atoms with Crippen LogP contribution in [0.2, 0.25) is 0 Å². The summed E-state index contributed by atoms with van der Waals surface area (Å²) in [7, 11) is 5.02. The van der Waals surface area contributed by atoms with Crippen molar-refractivity contribution in [1.29, 1.82) is 5.26 Å². The van der Waals surface area contributed by atoms with Crippen LogP contribution in [-0.4, -0.2) is 108 Å². The van der Waals surface area contributed by atoms with E-state index in [1.54, 1.807) is 19.2 Å². The molecule has 14 nitrogen and oxygen atoms in total. The van der Waals surface area contributed by atoms with Crippen molar-refractivity contribution < 1.29 is 48.2 Å². The Balaban J connectivity index is 1.35. The van der Waals surface area contributed by atoms with E-state index in [-0.39, 0.29) is 42.4 Å². The molecule has 15 heteroatoms. The number of hydrogen-bond donors (Lipinski definition) is 2. The van der Waals surface area contributed by atoms with Crippen molar-refractivity contribution in [2.45, 2.75) is 81.5 Å². The predicted molar refractivity (Wildman–Crippen MR) is 207 cm³/mol. The lowest BCUT2D eigenvalue weighted by atomic mass is 9.71. The number of esters is 2. The zero-order valence-corrected chi connectivity index (χ0v) is 33.8. The van der Waals surface area contributed by atoms with Gasteiger partial charge in [-0.3, -0.25) is 19.5 Å². The molecule has 1 spiro atoms. The normalized spacial score (nSPS) is 28.7. The van der Waals surface area contributed by atoms with E-state index in [1.807, 2.05) is 27.8 Å². The lowest BCUT2D eigenvalue weighted by molar-refractivity contribution is -0.164. The summed E-state index contributed by atoms with van der Waals surface area (Å²) in [6.45, 7) is 7.95. The number of aryl methyl sites for hydroxylation is 1. The summed E-state index contributed by atoms with van der Waals surface area (Å²) in [5.41, 5.74) is 4.59. The highest BCUT2D eigenvalue weighted by Crippen LogP contribution is 2.65. The van der Waals surface area contributed by atoms with E-state index in [0.717, 1.165) is 16.7 Å². The quantitative estimate of drug-likeness (QED) is 0.275. The molecule has 0 aliphatic carbocycles. The molecule has 10 rings (SSSR count). The maximum Gasteiger partial charge on any atom is 0.332 e. The Kier molecular flexibility index (Phi) is 9.00. The highest BCUT2D eigenvalue weighted by Gasteiger charge is 2.62. The van der Waals surface area contributed by atoms with E-state index in [0.29, 0.717) is 76.7 Å². The number of benzene rings is 3. The third kappa shape index (κ3) is 5.13. The molecule has 7 aliphatic rings.